The number of carboxylic acid groups (broad SMARTS) is 1. The molecule has 0 aromatic carbocycles. The summed E-state index contributed by atoms with van der Waals surface area (Å²) in [6.07, 6.45) is 0. The highest BCUT2D eigenvalue weighted by Gasteiger charge is 2.26. The molecular weight excluding hydrogens is 318 g/mol. The highest BCUT2D eigenvalue weighted by molar-refractivity contribution is 7.89. The predicted octanol–water partition coefficient (Wildman–Crippen LogP) is 2.60. The van der Waals surface area contributed by atoms with Crippen molar-refractivity contribution in [1.82, 2.24) is 4.72 Å². The Kier molecular flexibility index (Phi) is 4.28. The number of aromatic carboxylic acids is 1. The summed E-state index contributed by atoms with van der Waals surface area (Å²) in [6, 6.07) is 0. The largest absolute Gasteiger partial charge is 0.477 e. The van der Waals surface area contributed by atoms with Crippen LogP contribution in [0.5, 0.6) is 0 Å². The molecular formula is C12H13NO4S3. The van der Waals surface area contributed by atoms with E-state index >= 15 is 0 Å². The molecule has 0 amide bonds. The summed E-state index contributed by atoms with van der Waals surface area (Å²) in [5, 5.41) is 14.4. The first-order chi connectivity index (χ1) is 9.33. The van der Waals surface area contributed by atoms with Gasteiger partial charge in [0.05, 0.1) is 0 Å². The SMILES string of the molecule is Cc1cscc1CNS(=O)(=O)c1c(C)csc1C(=O)O. The third-order valence-electron chi connectivity index (χ3n) is 2.80. The molecule has 8 heteroatoms. The minimum absolute atomic E-state index is 0.136. The Hall–Kier alpha value is -1.22. The summed E-state index contributed by atoms with van der Waals surface area (Å²) in [4.78, 5) is 10.8. The number of hydrogen-bond donors (Lipinski definition) is 2. The Morgan fingerprint density at radius 3 is 2.50 bits per heavy atom. The molecule has 108 valence electrons. The van der Waals surface area contributed by atoms with E-state index in [9.17, 15) is 13.2 Å². The molecule has 0 atom stereocenters. The molecule has 0 unspecified atom stereocenters. The van der Waals surface area contributed by atoms with Gasteiger partial charge in [-0.1, -0.05) is 0 Å². The van der Waals surface area contributed by atoms with E-state index < -0.39 is 16.0 Å². The maximum absolute atomic E-state index is 12.3. The second kappa shape index (κ2) is 5.65. The molecule has 0 aliphatic heterocycles. The molecule has 5 nitrogen and oxygen atoms in total. The number of thiophene rings is 2. The number of nitrogens with one attached hydrogen (secondary N) is 1. The highest BCUT2D eigenvalue weighted by Crippen LogP contribution is 2.27. The normalized spacial score (nSPS) is 11.7. The summed E-state index contributed by atoms with van der Waals surface area (Å²) in [5.41, 5.74) is 2.35. The van der Waals surface area contributed by atoms with Crippen molar-refractivity contribution < 1.29 is 18.3 Å². The molecule has 0 saturated carbocycles. The van der Waals surface area contributed by atoms with Crippen LogP contribution in [0.25, 0.3) is 0 Å². The average molecular weight is 331 g/mol. The van der Waals surface area contributed by atoms with Gasteiger partial charge in [-0.15, -0.1) is 11.3 Å². The van der Waals surface area contributed by atoms with E-state index in [1.54, 1.807) is 6.92 Å². The lowest BCUT2D eigenvalue weighted by molar-refractivity contribution is 0.0698. The van der Waals surface area contributed by atoms with Crippen LogP contribution in [0.1, 0.15) is 26.4 Å². The summed E-state index contributed by atoms with van der Waals surface area (Å²) >= 11 is 2.42. The van der Waals surface area contributed by atoms with Crippen molar-refractivity contribution in [2.75, 3.05) is 0 Å². The Morgan fingerprint density at radius 1 is 1.25 bits per heavy atom. The lowest BCUT2D eigenvalue weighted by atomic mass is 10.2. The van der Waals surface area contributed by atoms with Crippen LogP contribution >= 0.6 is 22.7 Å². The van der Waals surface area contributed by atoms with Gasteiger partial charge in [0.1, 0.15) is 9.77 Å². The number of rotatable bonds is 5. The van der Waals surface area contributed by atoms with Crippen molar-refractivity contribution in [1.29, 1.82) is 0 Å². The van der Waals surface area contributed by atoms with Crippen LogP contribution in [0, 0.1) is 13.8 Å². The molecule has 0 bridgehead atoms. The van der Waals surface area contributed by atoms with Gasteiger partial charge >= 0.3 is 5.97 Å². The van der Waals surface area contributed by atoms with Crippen molar-refractivity contribution >= 4 is 38.7 Å². The van der Waals surface area contributed by atoms with Gasteiger partial charge in [-0.3, -0.25) is 0 Å². The zero-order chi connectivity index (χ0) is 14.9. The maximum atomic E-state index is 12.3. The number of sulfonamides is 1. The van der Waals surface area contributed by atoms with Gasteiger partial charge in [-0.05, 0) is 46.7 Å². The number of carbonyl (C=O) groups is 1. The molecule has 0 radical (unpaired) electrons. The van der Waals surface area contributed by atoms with Gasteiger partial charge < -0.3 is 5.11 Å². The highest BCUT2D eigenvalue weighted by atomic mass is 32.2. The van der Waals surface area contributed by atoms with E-state index in [1.165, 1.54) is 16.7 Å². The van der Waals surface area contributed by atoms with Crippen molar-refractivity contribution in [3.05, 3.63) is 37.7 Å². The van der Waals surface area contributed by atoms with Crippen molar-refractivity contribution in [3.63, 3.8) is 0 Å². The summed E-state index contributed by atoms with van der Waals surface area (Å²) in [6.45, 7) is 3.65. The average Bonchev–Trinajstić information content (AvgIpc) is 2.93. The van der Waals surface area contributed by atoms with Gasteiger partial charge in [-0.25, -0.2) is 17.9 Å². The molecule has 20 heavy (non-hydrogen) atoms. The zero-order valence-corrected chi connectivity index (χ0v) is 13.3. The number of hydrogen-bond acceptors (Lipinski definition) is 5. The Labute approximate surface area is 124 Å². The second-order valence-corrected chi connectivity index (χ2v) is 7.61. The summed E-state index contributed by atoms with van der Waals surface area (Å²) in [7, 11) is -3.83. The molecule has 2 heterocycles. The van der Waals surface area contributed by atoms with Crippen LogP contribution in [0.15, 0.2) is 21.0 Å². The van der Waals surface area contributed by atoms with Crippen LogP contribution in [0.4, 0.5) is 0 Å². The third kappa shape index (κ3) is 2.93. The van der Waals surface area contributed by atoms with Crippen molar-refractivity contribution in [2.45, 2.75) is 25.3 Å². The van der Waals surface area contributed by atoms with Gasteiger partial charge in [0.2, 0.25) is 10.0 Å². The van der Waals surface area contributed by atoms with E-state index in [2.05, 4.69) is 4.72 Å². The van der Waals surface area contributed by atoms with Crippen molar-refractivity contribution in [3.8, 4) is 0 Å². The van der Waals surface area contributed by atoms with E-state index in [4.69, 9.17) is 5.11 Å². The van der Waals surface area contributed by atoms with Crippen LogP contribution in [0.2, 0.25) is 0 Å². The quantitative estimate of drug-likeness (QED) is 0.882. The molecule has 0 spiro atoms. The molecule has 0 fully saturated rings. The molecule has 0 saturated heterocycles. The zero-order valence-electron chi connectivity index (χ0n) is 10.8. The lowest BCUT2D eigenvalue weighted by Gasteiger charge is -2.07. The second-order valence-electron chi connectivity index (χ2n) is 4.29. The van der Waals surface area contributed by atoms with E-state index in [1.807, 2.05) is 17.7 Å². The van der Waals surface area contributed by atoms with E-state index in [0.717, 1.165) is 22.5 Å². The fourth-order valence-corrected chi connectivity index (χ4v) is 5.22. The van der Waals surface area contributed by atoms with Crippen LogP contribution in [0.3, 0.4) is 0 Å². The van der Waals surface area contributed by atoms with Crippen molar-refractivity contribution in [2.24, 2.45) is 0 Å². The Bertz CT molecular complexity index is 743. The van der Waals surface area contributed by atoms with Gasteiger partial charge in [0.25, 0.3) is 0 Å². The smallest absolute Gasteiger partial charge is 0.347 e. The number of aryl methyl sites for hydroxylation is 2. The first kappa shape index (κ1) is 15.2. The van der Waals surface area contributed by atoms with Gasteiger partial charge in [-0.2, -0.15) is 11.3 Å². The first-order valence-electron chi connectivity index (χ1n) is 5.65. The maximum Gasteiger partial charge on any atom is 0.347 e. The molecule has 2 rings (SSSR count). The van der Waals surface area contributed by atoms with E-state index in [-0.39, 0.29) is 16.3 Å². The Balaban J connectivity index is 2.29. The van der Waals surface area contributed by atoms with Gasteiger partial charge in [0.15, 0.2) is 0 Å². The molecule has 2 aromatic rings. The van der Waals surface area contributed by atoms with Gasteiger partial charge in [0, 0.05) is 6.54 Å². The topological polar surface area (TPSA) is 83.5 Å². The predicted molar refractivity (Wildman–Crippen MR) is 79.1 cm³/mol. The van der Waals surface area contributed by atoms with Crippen LogP contribution < -0.4 is 4.72 Å². The summed E-state index contributed by atoms with van der Waals surface area (Å²) < 4.78 is 27.0. The minimum atomic E-state index is -3.83. The fraction of sp³-hybridized carbons (Fsp3) is 0.250. The molecule has 0 aliphatic carbocycles. The first-order valence-corrected chi connectivity index (χ1v) is 8.96. The Morgan fingerprint density at radius 2 is 1.95 bits per heavy atom. The molecule has 2 aromatic heterocycles. The fourth-order valence-electron chi connectivity index (χ4n) is 1.73. The lowest BCUT2D eigenvalue weighted by Crippen LogP contribution is -2.25. The van der Waals surface area contributed by atoms with Crippen LogP contribution in [-0.2, 0) is 16.6 Å². The standard InChI is InChI=1S/C12H13NO4S3/c1-7-4-18-6-9(7)3-13-20(16,17)11-8(2)5-19-10(11)12(14)15/h4-6,13H,3H2,1-2H3,(H,14,15). The monoisotopic (exact) mass is 331 g/mol. The molecule has 0 aliphatic rings. The summed E-state index contributed by atoms with van der Waals surface area (Å²) in [5.74, 6) is -1.23. The third-order valence-corrected chi connectivity index (χ3v) is 6.51. The van der Waals surface area contributed by atoms with Crippen LogP contribution in [-0.4, -0.2) is 19.5 Å². The number of carboxylic acids is 1. The molecule has 2 N–H and O–H groups in total. The minimum Gasteiger partial charge on any atom is -0.477 e. The van der Waals surface area contributed by atoms with E-state index in [0.29, 0.717) is 5.56 Å².